The van der Waals surface area contributed by atoms with Crippen molar-refractivity contribution in [2.45, 2.75) is 0 Å². The van der Waals surface area contributed by atoms with Crippen LogP contribution in [0.15, 0.2) is 121 Å². The number of nitrogen functional groups attached to an aromatic ring is 2. The predicted molar refractivity (Wildman–Crippen MR) is 212 cm³/mol. The van der Waals surface area contributed by atoms with Crippen molar-refractivity contribution < 1.29 is 34.1 Å². The number of amidine groups is 2. The molecule has 0 unspecified atom stereocenters. The van der Waals surface area contributed by atoms with E-state index in [4.69, 9.17) is 46.8 Å². The Labute approximate surface area is 311 Å². The van der Waals surface area contributed by atoms with Gasteiger partial charge in [-0.1, -0.05) is 48.5 Å². The summed E-state index contributed by atoms with van der Waals surface area (Å²) < 4.78 is 11.0. The first-order chi connectivity index (χ1) is 25.6. The number of hydrogen-bond acceptors (Lipinski definition) is 9. The Hall–Kier alpha value is -7.41. The van der Waals surface area contributed by atoms with Crippen LogP contribution in [-0.2, 0) is 0 Å². The van der Waals surface area contributed by atoms with Crippen LogP contribution in [0, 0.1) is 10.8 Å². The Morgan fingerprint density at radius 3 is 1.17 bits per heavy atom. The number of esters is 2. The SMILES string of the molecule is CN(C)c1cccc(C(=O)Oc2ccc3cc(C(=N)N)ccc3c2)c1.CN(C)c1cccc(C(=O)Oc2ccc3cc(C(=N)N)ccc3c2)c1.O=C(O)O. The van der Waals surface area contributed by atoms with E-state index >= 15 is 0 Å². The van der Waals surface area contributed by atoms with Crippen LogP contribution in [0.1, 0.15) is 31.8 Å². The monoisotopic (exact) mass is 728 g/mol. The van der Waals surface area contributed by atoms with Crippen LogP contribution >= 0.6 is 0 Å². The Kier molecular flexibility index (Phi) is 12.9. The fourth-order valence-electron chi connectivity index (χ4n) is 5.06. The highest BCUT2D eigenvalue weighted by atomic mass is 16.6. The fraction of sp³-hybridized carbons (Fsp3) is 0.0976. The van der Waals surface area contributed by atoms with Crippen LogP contribution in [-0.4, -0.2) is 68.2 Å². The number of nitrogens with two attached hydrogens (primary N) is 2. The Bertz CT molecular complexity index is 2190. The summed E-state index contributed by atoms with van der Waals surface area (Å²) in [4.78, 5) is 37.2. The number of benzene rings is 6. The van der Waals surface area contributed by atoms with E-state index in [-0.39, 0.29) is 11.7 Å². The number of ether oxygens (including phenoxy) is 2. The maximum Gasteiger partial charge on any atom is 0.503 e. The summed E-state index contributed by atoms with van der Waals surface area (Å²) in [5.41, 5.74) is 15.2. The zero-order valence-corrected chi connectivity index (χ0v) is 30.0. The summed E-state index contributed by atoms with van der Waals surface area (Å²) in [5.74, 6) is 0.204. The molecule has 13 heteroatoms. The number of anilines is 2. The maximum absolute atomic E-state index is 12.4. The standard InChI is InChI=1S/2C20H19N3O2.CH2O3/c2*1-23(2)17-5-3-4-16(11-17)20(24)25-18-9-8-13-10-15(19(21)22)7-6-14(13)12-18;2-1(3)4/h2*3-12H,1-2H3,(H3,21,22);(H2,2,3,4). The smallest absolute Gasteiger partial charge is 0.450 e. The molecule has 54 heavy (non-hydrogen) atoms. The highest BCUT2D eigenvalue weighted by Crippen LogP contribution is 2.25. The minimum Gasteiger partial charge on any atom is -0.450 e. The van der Waals surface area contributed by atoms with Gasteiger partial charge < -0.3 is 41.0 Å². The van der Waals surface area contributed by atoms with Gasteiger partial charge in [-0.15, -0.1) is 0 Å². The van der Waals surface area contributed by atoms with Crippen molar-refractivity contribution in [1.29, 1.82) is 10.8 Å². The van der Waals surface area contributed by atoms with Gasteiger partial charge in [-0.2, -0.15) is 0 Å². The van der Waals surface area contributed by atoms with Gasteiger partial charge in [0.05, 0.1) is 11.1 Å². The summed E-state index contributed by atoms with van der Waals surface area (Å²) in [6.07, 6.45) is -1.83. The topological polar surface area (TPSA) is 216 Å². The zero-order chi connectivity index (χ0) is 39.5. The molecule has 0 saturated carbocycles. The lowest BCUT2D eigenvalue weighted by atomic mass is 10.1. The highest BCUT2D eigenvalue weighted by molar-refractivity contribution is 6.01. The average molecular weight is 729 g/mol. The van der Waals surface area contributed by atoms with Crippen molar-refractivity contribution in [1.82, 2.24) is 0 Å². The third-order valence-electron chi connectivity index (χ3n) is 7.86. The molecular weight excluding hydrogens is 688 g/mol. The van der Waals surface area contributed by atoms with Crippen LogP contribution < -0.4 is 30.7 Å². The average Bonchev–Trinajstić information content (AvgIpc) is 3.14. The lowest BCUT2D eigenvalue weighted by molar-refractivity contribution is 0.0725. The molecule has 0 atom stereocenters. The number of carboxylic acid groups (broad SMARTS) is 2. The van der Waals surface area contributed by atoms with E-state index in [0.717, 1.165) is 32.9 Å². The summed E-state index contributed by atoms with van der Waals surface area (Å²) in [5, 5.41) is 32.6. The van der Waals surface area contributed by atoms with Crippen molar-refractivity contribution in [3.8, 4) is 11.5 Å². The van der Waals surface area contributed by atoms with E-state index in [2.05, 4.69) is 0 Å². The molecule has 276 valence electrons. The molecule has 8 N–H and O–H groups in total. The molecule has 0 aliphatic carbocycles. The molecule has 0 amide bonds. The molecule has 0 saturated heterocycles. The molecule has 0 aliphatic heterocycles. The van der Waals surface area contributed by atoms with Gasteiger partial charge in [0.1, 0.15) is 23.2 Å². The Morgan fingerprint density at radius 1 is 0.500 bits per heavy atom. The molecule has 0 radical (unpaired) electrons. The van der Waals surface area contributed by atoms with E-state index in [0.29, 0.717) is 33.8 Å². The van der Waals surface area contributed by atoms with E-state index in [1.54, 1.807) is 60.7 Å². The summed E-state index contributed by atoms with van der Waals surface area (Å²) in [6, 6.07) is 36.3. The lowest BCUT2D eigenvalue weighted by Crippen LogP contribution is -2.12. The van der Waals surface area contributed by atoms with Crippen LogP contribution in [0.5, 0.6) is 11.5 Å². The van der Waals surface area contributed by atoms with Crippen molar-refractivity contribution >= 4 is 62.7 Å². The normalized spacial score (nSPS) is 10.1. The van der Waals surface area contributed by atoms with Gasteiger partial charge in [0, 0.05) is 50.7 Å². The first-order valence-corrected chi connectivity index (χ1v) is 16.3. The number of carbonyl (C=O) groups excluding carboxylic acids is 2. The van der Waals surface area contributed by atoms with Gasteiger partial charge in [0.2, 0.25) is 0 Å². The molecule has 0 fully saturated rings. The Morgan fingerprint density at radius 2 is 0.833 bits per heavy atom. The number of fused-ring (bicyclic) bond motifs is 2. The van der Waals surface area contributed by atoms with E-state index in [1.165, 1.54) is 0 Å². The maximum atomic E-state index is 12.4. The summed E-state index contributed by atoms with van der Waals surface area (Å²) in [6.45, 7) is 0. The van der Waals surface area contributed by atoms with Gasteiger partial charge in [-0.25, -0.2) is 14.4 Å². The number of rotatable bonds is 8. The molecule has 0 aliphatic rings. The van der Waals surface area contributed by atoms with Crippen molar-refractivity contribution in [3.63, 3.8) is 0 Å². The predicted octanol–water partition coefficient (Wildman–Crippen LogP) is 7.04. The minimum atomic E-state index is -1.83. The van der Waals surface area contributed by atoms with Gasteiger partial charge in [-0.05, 0) is 94.3 Å². The molecule has 0 bridgehead atoms. The third-order valence-corrected chi connectivity index (χ3v) is 7.86. The first kappa shape index (κ1) is 39.4. The van der Waals surface area contributed by atoms with Crippen molar-refractivity contribution in [2.75, 3.05) is 38.0 Å². The fourth-order valence-corrected chi connectivity index (χ4v) is 5.06. The van der Waals surface area contributed by atoms with E-state index < -0.39 is 18.1 Å². The van der Waals surface area contributed by atoms with Crippen molar-refractivity contribution in [2.24, 2.45) is 11.5 Å². The molecule has 6 aromatic rings. The Balaban J connectivity index is 0.000000219. The largest absolute Gasteiger partial charge is 0.503 e. The molecule has 6 aromatic carbocycles. The minimum absolute atomic E-state index is 0.0261. The molecule has 0 heterocycles. The van der Waals surface area contributed by atoms with Crippen LogP contribution in [0.25, 0.3) is 21.5 Å². The van der Waals surface area contributed by atoms with E-state index in [1.807, 2.05) is 98.7 Å². The van der Waals surface area contributed by atoms with E-state index in [9.17, 15) is 9.59 Å². The van der Waals surface area contributed by atoms with Gasteiger partial charge in [0.15, 0.2) is 0 Å². The van der Waals surface area contributed by atoms with Crippen molar-refractivity contribution in [3.05, 3.63) is 144 Å². The quantitative estimate of drug-likeness (QED) is 0.0404. The molecule has 13 nitrogen and oxygen atoms in total. The van der Waals surface area contributed by atoms with Gasteiger partial charge >= 0.3 is 18.1 Å². The van der Waals surface area contributed by atoms with Crippen LogP contribution in [0.2, 0.25) is 0 Å². The van der Waals surface area contributed by atoms with Gasteiger partial charge in [0.25, 0.3) is 0 Å². The number of nitrogens with one attached hydrogen (secondary N) is 2. The third kappa shape index (κ3) is 10.8. The number of hydrogen-bond donors (Lipinski definition) is 6. The second-order valence-electron chi connectivity index (χ2n) is 12.2. The molecule has 6 rings (SSSR count). The second kappa shape index (κ2) is 17.7. The summed E-state index contributed by atoms with van der Waals surface area (Å²) in [7, 11) is 7.68. The second-order valence-corrected chi connectivity index (χ2v) is 12.2. The molecular formula is C41H40N6O7. The van der Waals surface area contributed by atoms with Gasteiger partial charge in [-0.3, -0.25) is 10.8 Å². The summed E-state index contributed by atoms with van der Waals surface area (Å²) >= 11 is 0. The number of carbonyl (C=O) groups is 3. The van der Waals surface area contributed by atoms with Crippen LogP contribution in [0.4, 0.5) is 16.2 Å². The number of nitrogens with zero attached hydrogens (tertiary/aromatic N) is 2. The van der Waals surface area contributed by atoms with Crippen LogP contribution in [0.3, 0.4) is 0 Å². The highest BCUT2D eigenvalue weighted by Gasteiger charge is 2.12. The first-order valence-electron chi connectivity index (χ1n) is 16.3. The molecule has 0 spiro atoms. The lowest BCUT2D eigenvalue weighted by Gasteiger charge is -2.13. The zero-order valence-electron chi connectivity index (χ0n) is 30.0. The molecule has 0 aromatic heterocycles.